The highest BCUT2D eigenvalue weighted by atomic mass is 14.2. The molecule has 0 radical (unpaired) electrons. The van der Waals surface area contributed by atoms with E-state index >= 15 is 0 Å². The Morgan fingerprint density at radius 1 is 0.765 bits per heavy atom. The number of aryl methyl sites for hydroxylation is 2. The normalized spacial score (nSPS) is 11.8. The van der Waals surface area contributed by atoms with Crippen molar-refractivity contribution in [1.82, 2.24) is 0 Å². The molecule has 0 amide bonds. The zero-order valence-corrected chi connectivity index (χ0v) is 12.3. The maximum Gasteiger partial charge on any atom is -0.0230 e. The molecule has 1 aromatic carbocycles. The first kappa shape index (κ1) is 14.3. The second-order valence-corrected chi connectivity index (χ2v) is 6.40. The molecule has 0 saturated carbocycles. The van der Waals surface area contributed by atoms with Crippen molar-refractivity contribution in [3.63, 3.8) is 0 Å². The van der Waals surface area contributed by atoms with E-state index in [1.165, 1.54) is 48.8 Å². The summed E-state index contributed by atoms with van der Waals surface area (Å²) in [5, 5.41) is 0. The summed E-state index contributed by atoms with van der Waals surface area (Å²) in [7, 11) is 0. The van der Waals surface area contributed by atoms with Gasteiger partial charge in [0, 0.05) is 0 Å². The van der Waals surface area contributed by atoms with E-state index in [2.05, 4.69) is 52.8 Å². The molecule has 0 aliphatic heterocycles. The Hall–Kier alpha value is -0.780. The van der Waals surface area contributed by atoms with Crippen LogP contribution in [0, 0.1) is 5.41 Å². The summed E-state index contributed by atoms with van der Waals surface area (Å²) in [6.45, 7) is 11.5. The molecule has 0 aromatic heterocycles. The summed E-state index contributed by atoms with van der Waals surface area (Å²) in [6, 6.07) is 7.22. The highest BCUT2D eigenvalue weighted by molar-refractivity contribution is 5.31. The number of rotatable bonds is 5. The van der Waals surface area contributed by atoms with Crippen LogP contribution in [0.25, 0.3) is 0 Å². The fourth-order valence-electron chi connectivity index (χ4n) is 2.42. The molecular weight excluding hydrogens is 204 g/mol. The van der Waals surface area contributed by atoms with Gasteiger partial charge in [0.2, 0.25) is 0 Å². The summed E-state index contributed by atoms with van der Waals surface area (Å²) in [4.78, 5) is 0. The fraction of sp³-hybridized carbons (Fsp3) is 0.647. The summed E-state index contributed by atoms with van der Waals surface area (Å²) in [6.07, 6.45) is 6.10. The lowest BCUT2D eigenvalue weighted by atomic mass is 9.86. The molecule has 0 spiro atoms. The largest absolute Gasteiger partial charge is 0.0651 e. The van der Waals surface area contributed by atoms with Gasteiger partial charge < -0.3 is 0 Å². The van der Waals surface area contributed by atoms with Crippen LogP contribution in [0.5, 0.6) is 0 Å². The van der Waals surface area contributed by atoms with E-state index in [9.17, 15) is 0 Å². The molecule has 0 nitrogen and oxygen atoms in total. The number of hydrogen-bond donors (Lipinski definition) is 0. The van der Waals surface area contributed by atoms with E-state index in [1.807, 2.05) is 0 Å². The second kappa shape index (κ2) is 6.23. The van der Waals surface area contributed by atoms with Gasteiger partial charge in [0.25, 0.3) is 0 Å². The first-order valence-electron chi connectivity index (χ1n) is 7.06. The van der Waals surface area contributed by atoms with Crippen LogP contribution in [0.4, 0.5) is 0 Å². The van der Waals surface area contributed by atoms with Crippen LogP contribution in [0.15, 0.2) is 18.2 Å². The predicted molar refractivity (Wildman–Crippen MR) is 77.6 cm³/mol. The van der Waals surface area contributed by atoms with Crippen LogP contribution >= 0.6 is 0 Å². The highest BCUT2D eigenvalue weighted by Gasteiger charge is 2.12. The minimum atomic E-state index is 0.383. The standard InChI is InChI=1S/C17H28/c1-6-8-14-10-15(9-7-2)12-16(11-14)13-17(3,4)5/h10-12H,6-9,13H2,1-5H3. The molecule has 0 heterocycles. The third kappa shape index (κ3) is 5.39. The maximum absolute atomic E-state index is 2.41. The van der Waals surface area contributed by atoms with Crippen LogP contribution in [0.2, 0.25) is 0 Å². The van der Waals surface area contributed by atoms with E-state index < -0.39 is 0 Å². The third-order valence-corrected chi connectivity index (χ3v) is 2.92. The maximum atomic E-state index is 2.41. The Morgan fingerprint density at radius 2 is 1.18 bits per heavy atom. The Bertz CT molecular complexity index is 317. The van der Waals surface area contributed by atoms with Gasteiger partial charge in [0.15, 0.2) is 0 Å². The van der Waals surface area contributed by atoms with Crippen LogP contribution in [0.3, 0.4) is 0 Å². The van der Waals surface area contributed by atoms with Crippen LogP contribution < -0.4 is 0 Å². The van der Waals surface area contributed by atoms with Crippen molar-refractivity contribution >= 4 is 0 Å². The Morgan fingerprint density at radius 3 is 1.53 bits per heavy atom. The summed E-state index contributed by atoms with van der Waals surface area (Å²) in [5.74, 6) is 0. The molecule has 0 saturated heterocycles. The Balaban J connectivity index is 2.94. The van der Waals surface area contributed by atoms with Gasteiger partial charge in [0.05, 0.1) is 0 Å². The first-order valence-corrected chi connectivity index (χ1v) is 7.06. The summed E-state index contributed by atoms with van der Waals surface area (Å²) in [5.41, 5.74) is 4.95. The van der Waals surface area contributed by atoms with Crippen molar-refractivity contribution in [2.75, 3.05) is 0 Å². The summed E-state index contributed by atoms with van der Waals surface area (Å²) >= 11 is 0. The number of benzene rings is 1. The molecule has 1 aromatic rings. The molecule has 0 unspecified atom stereocenters. The van der Waals surface area contributed by atoms with Gasteiger partial charge in [-0.3, -0.25) is 0 Å². The summed E-state index contributed by atoms with van der Waals surface area (Å²) < 4.78 is 0. The molecule has 0 atom stereocenters. The van der Waals surface area contributed by atoms with Crippen LogP contribution in [-0.2, 0) is 19.3 Å². The lowest BCUT2D eigenvalue weighted by Gasteiger charge is -2.19. The molecule has 0 aliphatic carbocycles. The van der Waals surface area contributed by atoms with Crippen molar-refractivity contribution in [3.05, 3.63) is 34.9 Å². The van der Waals surface area contributed by atoms with E-state index in [-0.39, 0.29) is 0 Å². The third-order valence-electron chi connectivity index (χ3n) is 2.92. The molecule has 96 valence electrons. The van der Waals surface area contributed by atoms with Gasteiger partial charge in [-0.1, -0.05) is 65.7 Å². The van der Waals surface area contributed by atoms with Crippen molar-refractivity contribution in [2.45, 2.75) is 66.7 Å². The molecule has 0 aliphatic rings. The zero-order valence-electron chi connectivity index (χ0n) is 12.3. The minimum absolute atomic E-state index is 0.383. The minimum Gasteiger partial charge on any atom is -0.0651 e. The van der Waals surface area contributed by atoms with Gasteiger partial charge in [-0.05, 0) is 41.4 Å². The van der Waals surface area contributed by atoms with Gasteiger partial charge in [-0.15, -0.1) is 0 Å². The Kier molecular flexibility index (Phi) is 5.24. The molecule has 0 heteroatoms. The second-order valence-electron chi connectivity index (χ2n) is 6.40. The van der Waals surface area contributed by atoms with Crippen LogP contribution in [-0.4, -0.2) is 0 Å². The molecule has 0 N–H and O–H groups in total. The van der Waals surface area contributed by atoms with Crippen LogP contribution in [0.1, 0.15) is 64.2 Å². The number of hydrogen-bond acceptors (Lipinski definition) is 0. The lowest BCUT2D eigenvalue weighted by Crippen LogP contribution is -2.09. The van der Waals surface area contributed by atoms with E-state index in [0.29, 0.717) is 5.41 Å². The SMILES string of the molecule is CCCc1cc(CCC)cc(CC(C)(C)C)c1. The molecule has 0 fully saturated rings. The average Bonchev–Trinajstić information content (AvgIpc) is 2.15. The van der Waals surface area contributed by atoms with Gasteiger partial charge in [0.1, 0.15) is 0 Å². The smallest absolute Gasteiger partial charge is 0.0230 e. The van der Waals surface area contributed by atoms with Gasteiger partial charge >= 0.3 is 0 Å². The average molecular weight is 232 g/mol. The molecule has 17 heavy (non-hydrogen) atoms. The van der Waals surface area contributed by atoms with Gasteiger partial charge in [-0.25, -0.2) is 0 Å². The van der Waals surface area contributed by atoms with E-state index in [0.717, 1.165) is 0 Å². The molecular formula is C17H28. The van der Waals surface area contributed by atoms with Crippen molar-refractivity contribution < 1.29 is 0 Å². The first-order chi connectivity index (χ1) is 7.94. The molecule has 0 bridgehead atoms. The zero-order chi connectivity index (χ0) is 12.9. The topological polar surface area (TPSA) is 0 Å². The molecule has 1 rings (SSSR count). The quantitative estimate of drug-likeness (QED) is 0.656. The Labute approximate surface area is 107 Å². The van der Waals surface area contributed by atoms with Gasteiger partial charge in [-0.2, -0.15) is 0 Å². The van der Waals surface area contributed by atoms with E-state index in [4.69, 9.17) is 0 Å². The van der Waals surface area contributed by atoms with Crippen molar-refractivity contribution in [1.29, 1.82) is 0 Å². The fourth-order valence-corrected chi connectivity index (χ4v) is 2.42. The van der Waals surface area contributed by atoms with E-state index in [1.54, 1.807) is 0 Å². The lowest BCUT2D eigenvalue weighted by molar-refractivity contribution is 0.411. The predicted octanol–water partition coefficient (Wildman–Crippen LogP) is 5.18. The van der Waals surface area contributed by atoms with Crippen molar-refractivity contribution in [2.24, 2.45) is 5.41 Å². The highest BCUT2D eigenvalue weighted by Crippen LogP contribution is 2.23. The van der Waals surface area contributed by atoms with Crippen molar-refractivity contribution in [3.8, 4) is 0 Å². The monoisotopic (exact) mass is 232 g/mol.